The predicted molar refractivity (Wildman–Crippen MR) is 75.1 cm³/mol. The Labute approximate surface area is 112 Å². The molecule has 0 atom stereocenters. The highest BCUT2D eigenvalue weighted by Crippen LogP contribution is 2.39. The molecule has 0 aromatic heterocycles. The highest BCUT2D eigenvalue weighted by Gasteiger charge is 2.33. The van der Waals surface area contributed by atoms with E-state index in [9.17, 15) is 0 Å². The van der Waals surface area contributed by atoms with Crippen LogP contribution in [0.1, 0.15) is 59.3 Å². The van der Waals surface area contributed by atoms with E-state index in [0.717, 1.165) is 37.9 Å². The number of likely N-dealkylation sites (tertiary alicyclic amines) is 1. The zero-order chi connectivity index (χ0) is 13.2. The predicted octanol–water partition coefficient (Wildman–Crippen LogP) is 3.83. The van der Waals surface area contributed by atoms with Crippen LogP contribution in [0.4, 0.5) is 0 Å². The number of hydrogen-bond acceptors (Lipinski definition) is 2. The molecule has 1 heterocycles. The van der Waals surface area contributed by atoms with Gasteiger partial charge in [-0.25, -0.2) is 0 Å². The zero-order valence-corrected chi connectivity index (χ0v) is 12.3. The molecule has 0 N–H and O–H groups in total. The Hall–Kier alpha value is -0.550. The highest BCUT2D eigenvalue weighted by molar-refractivity contribution is 4.91. The van der Waals surface area contributed by atoms with E-state index in [1.165, 1.54) is 25.7 Å². The van der Waals surface area contributed by atoms with Gasteiger partial charge in [-0.2, -0.15) is 5.26 Å². The molecule has 102 valence electrons. The Morgan fingerprint density at radius 3 is 1.94 bits per heavy atom. The molecule has 1 aliphatic carbocycles. The maximum absolute atomic E-state index is 8.94. The molecule has 0 amide bonds. The van der Waals surface area contributed by atoms with E-state index in [-0.39, 0.29) is 0 Å². The van der Waals surface area contributed by atoms with Gasteiger partial charge in [0.2, 0.25) is 0 Å². The lowest BCUT2D eigenvalue weighted by Gasteiger charge is -2.42. The molecule has 0 radical (unpaired) electrons. The van der Waals surface area contributed by atoms with Crippen LogP contribution in [0.3, 0.4) is 0 Å². The first-order chi connectivity index (χ1) is 8.50. The van der Waals surface area contributed by atoms with E-state index < -0.39 is 0 Å². The lowest BCUT2D eigenvalue weighted by molar-refractivity contribution is 0.0765. The van der Waals surface area contributed by atoms with Crippen molar-refractivity contribution < 1.29 is 0 Å². The maximum atomic E-state index is 8.94. The molecule has 1 saturated carbocycles. The zero-order valence-electron chi connectivity index (χ0n) is 12.3. The van der Waals surface area contributed by atoms with Gasteiger partial charge in [0.1, 0.15) is 0 Å². The van der Waals surface area contributed by atoms with Crippen LogP contribution in [-0.4, -0.2) is 24.0 Å². The van der Waals surface area contributed by atoms with Crippen LogP contribution in [0.5, 0.6) is 0 Å². The van der Waals surface area contributed by atoms with Crippen LogP contribution >= 0.6 is 0 Å². The van der Waals surface area contributed by atoms with E-state index in [4.69, 9.17) is 5.26 Å². The molecular formula is C16H28N2. The molecule has 1 saturated heterocycles. The third-order valence-electron chi connectivity index (χ3n) is 5.15. The van der Waals surface area contributed by atoms with Crippen molar-refractivity contribution in [3.05, 3.63) is 0 Å². The Morgan fingerprint density at radius 2 is 1.50 bits per heavy atom. The standard InChI is InChI=1S/C16H28N2/c1-16(2,3)14-4-6-15(7-5-14)18-10-8-13(12-17)9-11-18/h13-15H,4-11H2,1-3H3/t14-,15-. The van der Waals surface area contributed by atoms with Crippen LogP contribution in [0.2, 0.25) is 0 Å². The number of hydrogen-bond donors (Lipinski definition) is 0. The molecule has 0 aromatic rings. The number of piperidine rings is 1. The third-order valence-corrected chi connectivity index (χ3v) is 5.15. The first kappa shape index (κ1) is 13.9. The van der Waals surface area contributed by atoms with Gasteiger partial charge in [0, 0.05) is 12.0 Å². The molecule has 0 unspecified atom stereocenters. The highest BCUT2D eigenvalue weighted by atomic mass is 15.2. The minimum atomic E-state index is 0.326. The van der Waals surface area contributed by atoms with Gasteiger partial charge in [-0.3, -0.25) is 0 Å². The summed E-state index contributed by atoms with van der Waals surface area (Å²) in [4.78, 5) is 2.66. The number of nitrogens with zero attached hydrogens (tertiary/aromatic N) is 2. The minimum Gasteiger partial charge on any atom is -0.300 e. The molecule has 0 bridgehead atoms. The molecule has 2 rings (SSSR count). The van der Waals surface area contributed by atoms with Gasteiger partial charge in [0.05, 0.1) is 6.07 Å². The monoisotopic (exact) mass is 248 g/mol. The van der Waals surface area contributed by atoms with Gasteiger partial charge < -0.3 is 4.90 Å². The van der Waals surface area contributed by atoms with Gasteiger partial charge in [-0.15, -0.1) is 0 Å². The summed E-state index contributed by atoms with van der Waals surface area (Å²) in [6.07, 6.45) is 7.72. The third kappa shape index (κ3) is 3.26. The van der Waals surface area contributed by atoms with Crippen molar-refractivity contribution in [3.63, 3.8) is 0 Å². The van der Waals surface area contributed by atoms with Gasteiger partial charge in [-0.05, 0) is 62.9 Å². The molecule has 2 aliphatic rings. The van der Waals surface area contributed by atoms with Crippen molar-refractivity contribution in [1.82, 2.24) is 4.90 Å². The van der Waals surface area contributed by atoms with Crippen LogP contribution in [0.25, 0.3) is 0 Å². The average Bonchev–Trinajstić information content (AvgIpc) is 2.38. The van der Waals surface area contributed by atoms with Crippen molar-refractivity contribution in [1.29, 1.82) is 5.26 Å². The molecule has 2 fully saturated rings. The molecule has 0 aromatic carbocycles. The van der Waals surface area contributed by atoms with E-state index in [0.29, 0.717) is 11.3 Å². The van der Waals surface area contributed by atoms with Gasteiger partial charge >= 0.3 is 0 Å². The molecule has 1 aliphatic heterocycles. The summed E-state index contributed by atoms with van der Waals surface area (Å²) in [5, 5.41) is 8.94. The minimum absolute atomic E-state index is 0.326. The Morgan fingerprint density at radius 1 is 0.944 bits per heavy atom. The maximum Gasteiger partial charge on any atom is 0.0656 e. The first-order valence-corrected chi connectivity index (χ1v) is 7.64. The van der Waals surface area contributed by atoms with Crippen LogP contribution < -0.4 is 0 Å². The second kappa shape index (κ2) is 5.61. The second-order valence-electron chi connectivity index (χ2n) is 7.31. The summed E-state index contributed by atoms with van der Waals surface area (Å²) in [6, 6.07) is 3.24. The quantitative estimate of drug-likeness (QED) is 0.705. The smallest absolute Gasteiger partial charge is 0.0656 e. The van der Waals surface area contributed by atoms with Crippen molar-refractivity contribution >= 4 is 0 Å². The Balaban J connectivity index is 1.79. The Bertz CT molecular complexity index is 294. The first-order valence-electron chi connectivity index (χ1n) is 7.64. The van der Waals surface area contributed by atoms with Crippen molar-refractivity contribution in [2.75, 3.05) is 13.1 Å². The second-order valence-corrected chi connectivity index (χ2v) is 7.31. The molecule has 2 nitrogen and oxygen atoms in total. The van der Waals surface area contributed by atoms with Crippen LogP contribution in [-0.2, 0) is 0 Å². The summed E-state index contributed by atoms with van der Waals surface area (Å²) in [5.41, 5.74) is 0.485. The van der Waals surface area contributed by atoms with E-state index in [1.807, 2.05) is 0 Å². The summed E-state index contributed by atoms with van der Waals surface area (Å²) < 4.78 is 0. The summed E-state index contributed by atoms with van der Waals surface area (Å²) >= 11 is 0. The fourth-order valence-corrected chi connectivity index (χ4v) is 3.70. The van der Waals surface area contributed by atoms with E-state index >= 15 is 0 Å². The lowest BCUT2D eigenvalue weighted by Crippen LogP contribution is -2.44. The van der Waals surface area contributed by atoms with Gasteiger partial charge in [-0.1, -0.05) is 20.8 Å². The van der Waals surface area contributed by atoms with Gasteiger partial charge in [0.15, 0.2) is 0 Å². The van der Waals surface area contributed by atoms with Crippen LogP contribution in [0, 0.1) is 28.6 Å². The molecule has 0 spiro atoms. The fourth-order valence-electron chi connectivity index (χ4n) is 3.70. The number of rotatable bonds is 1. The van der Waals surface area contributed by atoms with E-state index in [2.05, 4.69) is 31.7 Å². The fraction of sp³-hybridized carbons (Fsp3) is 0.938. The summed E-state index contributed by atoms with van der Waals surface area (Å²) in [6.45, 7) is 9.47. The molecule has 18 heavy (non-hydrogen) atoms. The topological polar surface area (TPSA) is 27.0 Å². The van der Waals surface area contributed by atoms with Crippen molar-refractivity contribution in [2.45, 2.75) is 65.3 Å². The normalized spacial score (nSPS) is 32.1. The molecule has 2 heteroatoms. The van der Waals surface area contributed by atoms with E-state index in [1.54, 1.807) is 0 Å². The van der Waals surface area contributed by atoms with Crippen molar-refractivity contribution in [2.24, 2.45) is 17.3 Å². The average molecular weight is 248 g/mol. The summed E-state index contributed by atoms with van der Waals surface area (Å²) in [5.74, 6) is 1.23. The van der Waals surface area contributed by atoms with Crippen molar-refractivity contribution in [3.8, 4) is 6.07 Å². The SMILES string of the molecule is CC(C)(C)[C@H]1CC[C@H](N2CCC(C#N)CC2)CC1. The Kier molecular flexibility index (Phi) is 4.33. The molecular weight excluding hydrogens is 220 g/mol. The van der Waals surface area contributed by atoms with Crippen LogP contribution in [0.15, 0.2) is 0 Å². The largest absolute Gasteiger partial charge is 0.300 e. The van der Waals surface area contributed by atoms with Gasteiger partial charge in [0.25, 0.3) is 0 Å². The summed E-state index contributed by atoms with van der Waals surface area (Å²) in [7, 11) is 0. The number of nitriles is 1. The lowest BCUT2D eigenvalue weighted by atomic mass is 9.71.